The van der Waals surface area contributed by atoms with Crippen molar-refractivity contribution in [3.05, 3.63) is 53.3 Å². The lowest BCUT2D eigenvalue weighted by Gasteiger charge is -2.07. The minimum absolute atomic E-state index is 0.262. The number of aryl methyl sites for hydroxylation is 1. The molecule has 0 atom stereocenters. The molecule has 0 aliphatic rings. The van der Waals surface area contributed by atoms with Gasteiger partial charge in [0.25, 0.3) is 0 Å². The maximum atomic E-state index is 13.7. The van der Waals surface area contributed by atoms with Gasteiger partial charge in [-0.1, -0.05) is 6.07 Å². The quantitative estimate of drug-likeness (QED) is 0.736. The lowest BCUT2D eigenvalue weighted by Crippen LogP contribution is -2.01. The Hall–Kier alpha value is -2.87. The Morgan fingerprint density at radius 2 is 2.05 bits per heavy atom. The first-order valence-electron chi connectivity index (χ1n) is 6.05. The highest BCUT2D eigenvalue weighted by Gasteiger charge is 2.11. The Balaban J connectivity index is 2.32. The van der Waals surface area contributed by atoms with Crippen molar-refractivity contribution in [2.24, 2.45) is 0 Å². The maximum absolute atomic E-state index is 13.7. The van der Waals surface area contributed by atoms with Crippen LogP contribution in [0.2, 0.25) is 0 Å². The smallest absolute Gasteiger partial charge is 0.205 e. The van der Waals surface area contributed by atoms with Gasteiger partial charge < -0.3 is 5.73 Å². The van der Waals surface area contributed by atoms with Gasteiger partial charge in [-0.05, 0) is 42.8 Å². The van der Waals surface area contributed by atoms with Gasteiger partial charge in [0.2, 0.25) is 5.95 Å². The van der Waals surface area contributed by atoms with E-state index in [4.69, 9.17) is 11.0 Å². The highest BCUT2D eigenvalue weighted by atomic mass is 19.1. The molecule has 0 aliphatic heterocycles. The molecule has 0 bridgehead atoms. The summed E-state index contributed by atoms with van der Waals surface area (Å²) in [5.74, 6) is -0.0430. The van der Waals surface area contributed by atoms with Crippen molar-refractivity contribution >= 4 is 17.0 Å². The molecule has 3 rings (SSSR count). The van der Waals surface area contributed by atoms with E-state index in [9.17, 15) is 4.39 Å². The molecule has 0 aliphatic carbocycles. The van der Waals surface area contributed by atoms with Crippen molar-refractivity contribution in [2.75, 3.05) is 5.73 Å². The highest BCUT2D eigenvalue weighted by Crippen LogP contribution is 2.25. The zero-order valence-corrected chi connectivity index (χ0v) is 10.8. The number of nitrogens with two attached hydrogens (primary N) is 1. The van der Waals surface area contributed by atoms with Crippen LogP contribution in [0.5, 0.6) is 0 Å². The summed E-state index contributed by atoms with van der Waals surface area (Å²) in [7, 11) is 0. The first-order chi connectivity index (χ1) is 9.60. The summed E-state index contributed by atoms with van der Waals surface area (Å²) in [6.45, 7) is 1.70. The third-order valence-corrected chi connectivity index (χ3v) is 3.22. The number of aromatic nitrogens is 2. The normalized spacial score (nSPS) is 10.7. The summed E-state index contributed by atoms with van der Waals surface area (Å²) >= 11 is 0. The van der Waals surface area contributed by atoms with Gasteiger partial charge in [-0.15, -0.1) is 0 Å². The Kier molecular flexibility index (Phi) is 2.65. The standard InChI is InChI=1S/C15H11FN4/c1-9-2-4-11(7-12(9)16)20-14-6-10(8-17)3-5-13(14)19-15(20)18/h2-7H,1H3,(H2,18,19). The summed E-state index contributed by atoms with van der Waals surface area (Å²) in [6, 6.07) is 12.0. The van der Waals surface area contributed by atoms with Crippen molar-refractivity contribution in [1.82, 2.24) is 9.55 Å². The Morgan fingerprint density at radius 1 is 1.25 bits per heavy atom. The molecule has 0 unspecified atom stereocenters. The Morgan fingerprint density at radius 3 is 2.75 bits per heavy atom. The summed E-state index contributed by atoms with van der Waals surface area (Å²) < 4.78 is 15.4. The van der Waals surface area contributed by atoms with E-state index < -0.39 is 0 Å². The lowest BCUT2D eigenvalue weighted by atomic mass is 10.2. The Bertz CT molecular complexity index is 858. The third kappa shape index (κ3) is 1.79. The second-order valence-electron chi connectivity index (χ2n) is 4.55. The zero-order valence-electron chi connectivity index (χ0n) is 10.8. The number of nitriles is 1. The minimum atomic E-state index is -0.305. The molecule has 1 heterocycles. The molecular formula is C15H11FN4. The number of hydrogen-bond donors (Lipinski definition) is 1. The number of anilines is 1. The van der Waals surface area contributed by atoms with Gasteiger partial charge in [0, 0.05) is 0 Å². The summed E-state index contributed by atoms with van der Waals surface area (Å²) in [5.41, 5.74) is 8.92. The van der Waals surface area contributed by atoms with Gasteiger partial charge in [0.1, 0.15) is 5.82 Å². The minimum Gasteiger partial charge on any atom is -0.369 e. The molecule has 20 heavy (non-hydrogen) atoms. The van der Waals surface area contributed by atoms with Crippen LogP contribution in [0.15, 0.2) is 36.4 Å². The van der Waals surface area contributed by atoms with Crippen LogP contribution in [0, 0.1) is 24.1 Å². The number of rotatable bonds is 1. The highest BCUT2D eigenvalue weighted by molar-refractivity contribution is 5.82. The van der Waals surface area contributed by atoms with E-state index in [1.807, 2.05) is 0 Å². The molecule has 0 amide bonds. The van der Waals surface area contributed by atoms with Crippen LogP contribution in [0.1, 0.15) is 11.1 Å². The van der Waals surface area contributed by atoms with Crippen molar-refractivity contribution in [3.63, 3.8) is 0 Å². The topological polar surface area (TPSA) is 67.6 Å². The fourth-order valence-electron chi connectivity index (χ4n) is 2.16. The first-order valence-corrected chi connectivity index (χ1v) is 6.05. The Labute approximate surface area is 114 Å². The largest absolute Gasteiger partial charge is 0.369 e. The molecular weight excluding hydrogens is 255 g/mol. The van der Waals surface area contributed by atoms with Gasteiger partial charge in [-0.3, -0.25) is 4.57 Å². The number of nitrogen functional groups attached to an aromatic ring is 1. The van der Waals surface area contributed by atoms with Crippen molar-refractivity contribution in [2.45, 2.75) is 6.92 Å². The fraction of sp³-hybridized carbons (Fsp3) is 0.0667. The lowest BCUT2D eigenvalue weighted by molar-refractivity contribution is 0.617. The maximum Gasteiger partial charge on any atom is 0.205 e. The molecule has 0 spiro atoms. The van der Waals surface area contributed by atoms with Crippen molar-refractivity contribution in [1.29, 1.82) is 5.26 Å². The third-order valence-electron chi connectivity index (χ3n) is 3.22. The number of imidazole rings is 1. The SMILES string of the molecule is Cc1ccc(-n2c(N)nc3ccc(C#N)cc32)cc1F. The monoisotopic (exact) mass is 266 g/mol. The first kappa shape index (κ1) is 12.2. The predicted octanol–water partition coefficient (Wildman–Crippen LogP) is 2.93. The van der Waals surface area contributed by atoms with E-state index in [-0.39, 0.29) is 11.8 Å². The molecule has 5 heteroatoms. The van der Waals surface area contributed by atoms with Crippen LogP contribution >= 0.6 is 0 Å². The van der Waals surface area contributed by atoms with Crippen LogP contribution in [0.3, 0.4) is 0 Å². The average molecular weight is 266 g/mol. The van der Waals surface area contributed by atoms with Crippen LogP contribution in [0.4, 0.5) is 10.3 Å². The number of halogens is 1. The molecule has 2 N–H and O–H groups in total. The van der Waals surface area contributed by atoms with E-state index in [0.717, 1.165) is 0 Å². The molecule has 2 aromatic carbocycles. The molecule has 3 aromatic rings. The van der Waals surface area contributed by atoms with Gasteiger partial charge in [0.05, 0.1) is 28.4 Å². The van der Waals surface area contributed by atoms with E-state index in [0.29, 0.717) is 27.8 Å². The summed E-state index contributed by atoms with van der Waals surface area (Å²) in [4.78, 5) is 4.23. The van der Waals surface area contributed by atoms with Crippen molar-refractivity contribution < 1.29 is 4.39 Å². The molecule has 1 aromatic heterocycles. The van der Waals surface area contributed by atoms with Crippen LogP contribution in [-0.4, -0.2) is 9.55 Å². The molecule has 0 saturated carbocycles. The number of hydrogen-bond acceptors (Lipinski definition) is 3. The molecule has 0 fully saturated rings. The molecule has 0 radical (unpaired) electrons. The van der Waals surface area contributed by atoms with Gasteiger partial charge in [-0.2, -0.15) is 5.26 Å². The fourth-order valence-corrected chi connectivity index (χ4v) is 2.16. The molecule has 98 valence electrons. The van der Waals surface area contributed by atoms with Crippen molar-refractivity contribution in [3.8, 4) is 11.8 Å². The average Bonchev–Trinajstić information content (AvgIpc) is 2.77. The second-order valence-corrected chi connectivity index (χ2v) is 4.55. The number of fused-ring (bicyclic) bond motifs is 1. The molecule has 4 nitrogen and oxygen atoms in total. The van der Waals surface area contributed by atoms with E-state index in [1.54, 1.807) is 41.8 Å². The van der Waals surface area contributed by atoms with E-state index in [1.165, 1.54) is 6.07 Å². The summed E-state index contributed by atoms with van der Waals surface area (Å²) in [6.07, 6.45) is 0. The van der Waals surface area contributed by atoms with Gasteiger partial charge in [-0.25, -0.2) is 9.37 Å². The second kappa shape index (κ2) is 4.35. The van der Waals surface area contributed by atoms with E-state index in [2.05, 4.69) is 11.1 Å². The van der Waals surface area contributed by atoms with Gasteiger partial charge in [0.15, 0.2) is 0 Å². The van der Waals surface area contributed by atoms with E-state index >= 15 is 0 Å². The predicted molar refractivity (Wildman–Crippen MR) is 74.9 cm³/mol. The van der Waals surface area contributed by atoms with Gasteiger partial charge >= 0.3 is 0 Å². The van der Waals surface area contributed by atoms with Crippen LogP contribution in [-0.2, 0) is 0 Å². The zero-order chi connectivity index (χ0) is 14.3. The molecule has 0 saturated heterocycles. The van der Waals surface area contributed by atoms with Crippen LogP contribution < -0.4 is 5.73 Å². The van der Waals surface area contributed by atoms with Crippen LogP contribution in [0.25, 0.3) is 16.7 Å². The number of benzene rings is 2. The summed E-state index contributed by atoms with van der Waals surface area (Å²) in [5, 5.41) is 8.97. The number of nitrogens with zero attached hydrogens (tertiary/aromatic N) is 3.